The van der Waals surface area contributed by atoms with E-state index >= 15 is 0 Å². The fraction of sp³-hybridized carbons (Fsp3) is 0.808. The number of pyridine rings is 1. The van der Waals surface area contributed by atoms with E-state index in [1.807, 2.05) is 18.3 Å². The lowest BCUT2D eigenvalue weighted by Crippen LogP contribution is -2.38. The quantitative estimate of drug-likeness (QED) is 0.259. The summed E-state index contributed by atoms with van der Waals surface area (Å²) in [5, 5.41) is 0. The van der Waals surface area contributed by atoms with Crippen LogP contribution in [0.5, 0.6) is 5.88 Å². The first kappa shape index (κ1) is 27.0. The molecular formula is C26H45NO5. The smallest absolute Gasteiger partial charge is 0.213 e. The van der Waals surface area contributed by atoms with Gasteiger partial charge in [-0.25, -0.2) is 4.98 Å². The van der Waals surface area contributed by atoms with E-state index in [0.717, 1.165) is 63.5 Å². The molecule has 4 atom stereocenters. The van der Waals surface area contributed by atoms with Crippen molar-refractivity contribution in [1.29, 1.82) is 0 Å². The molecule has 1 fully saturated rings. The zero-order valence-corrected chi connectivity index (χ0v) is 20.7. The second-order valence-corrected chi connectivity index (χ2v) is 8.53. The van der Waals surface area contributed by atoms with E-state index in [1.54, 1.807) is 0 Å². The van der Waals surface area contributed by atoms with Crippen LogP contribution >= 0.6 is 0 Å². The fourth-order valence-electron chi connectivity index (χ4n) is 3.65. The summed E-state index contributed by atoms with van der Waals surface area (Å²) in [6.45, 7) is 12.0. The number of aromatic nitrogens is 1. The molecule has 1 saturated heterocycles. The molecule has 6 nitrogen and oxygen atoms in total. The predicted molar refractivity (Wildman–Crippen MR) is 127 cm³/mol. The van der Waals surface area contributed by atoms with Crippen LogP contribution in [0.15, 0.2) is 18.3 Å². The Labute approximate surface area is 195 Å². The molecule has 1 aliphatic heterocycles. The van der Waals surface area contributed by atoms with Crippen molar-refractivity contribution < 1.29 is 23.7 Å². The molecule has 0 spiro atoms. The summed E-state index contributed by atoms with van der Waals surface area (Å²) in [7, 11) is 0. The maximum atomic E-state index is 6.50. The maximum Gasteiger partial charge on any atom is 0.213 e. The number of ether oxygens (including phenoxy) is 5. The molecule has 2 heterocycles. The standard InChI is InChI=1S/C26H45NO5/c1-5-9-15-28-20-22-25(30-17-11-7-3)26(31-18-12-8-4)24(32-22)21-13-14-23(27-19-21)29-16-10-6-2/h13-14,19,22,24-26H,5-12,15-18,20H2,1-4H3/t22-,24+,25?,26-/m1/s1. The third-order valence-electron chi connectivity index (χ3n) is 5.69. The lowest BCUT2D eigenvalue weighted by Gasteiger charge is -2.25. The first-order valence-corrected chi connectivity index (χ1v) is 12.8. The van der Waals surface area contributed by atoms with Gasteiger partial charge in [0, 0.05) is 37.6 Å². The Bertz CT molecular complexity index is 582. The van der Waals surface area contributed by atoms with Crippen LogP contribution in [-0.2, 0) is 18.9 Å². The summed E-state index contributed by atoms with van der Waals surface area (Å²) >= 11 is 0. The minimum absolute atomic E-state index is 0.148. The van der Waals surface area contributed by atoms with Crippen LogP contribution in [0.1, 0.15) is 90.7 Å². The van der Waals surface area contributed by atoms with Gasteiger partial charge < -0.3 is 23.7 Å². The highest BCUT2D eigenvalue weighted by atomic mass is 16.6. The Morgan fingerprint density at radius 1 is 0.781 bits per heavy atom. The van der Waals surface area contributed by atoms with Gasteiger partial charge in [0.05, 0.1) is 13.2 Å². The highest BCUT2D eigenvalue weighted by Gasteiger charge is 2.47. The zero-order valence-electron chi connectivity index (χ0n) is 20.7. The summed E-state index contributed by atoms with van der Waals surface area (Å²) < 4.78 is 30.8. The Morgan fingerprint density at radius 2 is 1.41 bits per heavy atom. The molecule has 32 heavy (non-hydrogen) atoms. The molecule has 2 rings (SSSR count). The highest BCUT2D eigenvalue weighted by Crippen LogP contribution is 2.38. The van der Waals surface area contributed by atoms with Crippen molar-refractivity contribution in [1.82, 2.24) is 4.98 Å². The van der Waals surface area contributed by atoms with E-state index < -0.39 is 0 Å². The number of hydrogen-bond donors (Lipinski definition) is 0. The van der Waals surface area contributed by atoms with E-state index in [9.17, 15) is 0 Å². The maximum absolute atomic E-state index is 6.50. The van der Waals surface area contributed by atoms with Gasteiger partial charge in [-0.05, 0) is 31.7 Å². The first-order valence-electron chi connectivity index (χ1n) is 12.8. The van der Waals surface area contributed by atoms with Crippen LogP contribution in [0.2, 0.25) is 0 Å². The van der Waals surface area contributed by atoms with Crippen LogP contribution in [0.4, 0.5) is 0 Å². The SMILES string of the molecule is CCCCOC[C@H]1O[C@@H](c2ccc(OCCCC)nc2)[C@@H](OCCCC)C1OCCCC. The summed E-state index contributed by atoms with van der Waals surface area (Å²) in [4.78, 5) is 4.51. The van der Waals surface area contributed by atoms with E-state index in [-0.39, 0.29) is 24.4 Å². The summed E-state index contributed by atoms with van der Waals surface area (Å²) in [6, 6.07) is 3.97. The van der Waals surface area contributed by atoms with Crippen LogP contribution in [0.25, 0.3) is 0 Å². The summed E-state index contributed by atoms with van der Waals surface area (Å²) in [5.74, 6) is 0.652. The molecule has 0 aromatic carbocycles. The van der Waals surface area contributed by atoms with Gasteiger partial charge in [0.25, 0.3) is 0 Å². The largest absolute Gasteiger partial charge is 0.478 e. The molecule has 0 aliphatic carbocycles. The molecule has 184 valence electrons. The second-order valence-electron chi connectivity index (χ2n) is 8.53. The summed E-state index contributed by atoms with van der Waals surface area (Å²) in [6.07, 6.45) is 9.68. The topological polar surface area (TPSA) is 59.0 Å². The Morgan fingerprint density at radius 3 is 2.03 bits per heavy atom. The van der Waals surface area contributed by atoms with Crippen molar-refractivity contribution in [3.05, 3.63) is 23.9 Å². The lowest BCUT2D eigenvalue weighted by atomic mass is 10.0. The molecule has 1 unspecified atom stereocenters. The molecular weight excluding hydrogens is 406 g/mol. The second kappa shape index (κ2) is 16.4. The van der Waals surface area contributed by atoms with Gasteiger partial charge in [-0.2, -0.15) is 0 Å². The van der Waals surface area contributed by atoms with Crippen molar-refractivity contribution in [3.63, 3.8) is 0 Å². The van der Waals surface area contributed by atoms with Gasteiger partial charge >= 0.3 is 0 Å². The van der Waals surface area contributed by atoms with Crippen molar-refractivity contribution in [3.8, 4) is 5.88 Å². The lowest BCUT2D eigenvalue weighted by molar-refractivity contribution is -0.0795. The van der Waals surface area contributed by atoms with Gasteiger partial charge in [0.15, 0.2) is 0 Å². The number of nitrogens with zero attached hydrogens (tertiary/aromatic N) is 1. The number of rotatable bonds is 18. The third kappa shape index (κ3) is 8.97. The molecule has 0 amide bonds. The zero-order chi connectivity index (χ0) is 23.0. The molecule has 1 aromatic rings. The highest BCUT2D eigenvalue weighted by molar-refractivity contribution is 5.22. The normalized spacial score (nSPS) is 23.0. The van der Waals surface area contributed by atoms with Gasteiger partial charge in [-0.1, -0.05) is 53.4 Å². The minimum atomic E-state index is -0.226. The summed E-state index contributed by atoms with van der Waals surface area (Å²) in [5.41, 5.74) is 0.995. The van der Waals surface area contributed by atoms with Crippen molar-refractivity contribution >= 4 is 0 Å². The van der Waals surface area contributed by atoms with Gasteiger partial charge in [-0.15, -0.1) is 0 Å². The van der Waals surface area contributed by atoms with E-state index in [2.05, 4.69) is 32.7 Å². The van der Waals surface area contributed by atoms with E-state index in [0.29, 0.717) is 32.3 Å². The van der Waals surface area contributed by atoms with Gasteiger partial charge in [0.2, 0.25) is 5.88 Å². The Kier molecular flexibility index (Phi) is 13.9. The third-order valence-corrected chi connectivity index (χ3v) is 5.69. The molecule has 6 heteroatoms. The number of unbranched alkanes of at least 4 members (excludes halogenated alkanes) is 4. The van der Waals surface area contributed by atoms with E-state index in [1.165, 1.54) is 0 Å². The average Bonchev–Trinajstić information content (AvgIpc) is 3.15. The average molecular weight is 452 g/mol. The van der Waals surface area contributed by atoms with Crippen LogP contribution in [0.3, 0.4) is 0 Å². The van der Waals surface area contributed by atoms with Crippen LogP contribution in [0, 0.1) is 0 Å². The van der Waals surface area contributed by atoms with Crippen molar-refractivity contribution in [2.75, 3.05) is 33.0 Å². The Balaban J connectivity index is 2.12. The monoisotopic (exact) mass is 451 g/mol. The van der Waals surface area contributed by atoms with Crippen molar-refractivity contribution in [2.24, 2.45) is 0 Å². The predicted octanol–water partition coefficient (Wildman–Crippen LogP) is 5.89. The van der Waals surface area contributed by atoms with Crippen LogP contribution < -0.4 is 4.74 Å². The first-order chi connectivity index (χ1) is 15.7. The molecule has 0 saturated carbocycles. The van der Waals surface area contributed by atoms with Crippen LogP contribution in [-0.4, -0.2) is 56.3 Å². The van der Waals surface area contributed by atoms with Gasteiger partial charge in [0.1, 0.15) is 24.4 Å². The molecule has 0 N–H and O–H groups in total. The molecule has 0 radical (unpaired) electrons. The van der Waals surface area contributed by atoms with Gasteiger partial charge in [-0.3, -0.25) is 0 Å². The Hall–Kier alpha value is -1.21. The van der Waals surface area contributed by atoms with Crippen molar-refractivity contribution in [2.45, 2.75) is 103 Å². The molecule has 0 bridgehead atoms. The van der Waals surface area contributed by atoms with E-state index in [4.69, 9.17) is 23.7 Å². The number of hydrogen-bond acceptors (Lipinski definition) is 6. The molecule has 1 aromatic heterocycles. The fourth-order valence-corrected chi connectivity index (χ4v) is 3.65. The minimum Gasteiger partial charge on any atom is -0.478 e. The molecule has 1 aliphatic rings.